The fourth-order valence-electron chi connectivity index (χ4n) is 3.23. The van der Waals surface area contributed by atoms with Crippen molar-refractivity contribution in [2.45, 2.75) is 38.5 Å². The molecule has 2 aliphatic rings. The average Bonchev–Trinajstić information content (AvgIpc) is 2.31. The van der Waals surface area contributed by atoms with Crippen LogP contribution >= 0.6 is 0 Å². The maximum Gasteiger partial charge on any atom is 0.220 e. The number of nitrogens with zero attached hydrogens (tertiary/aromatic N) is 1. The minimum atomic E-state index is 0.132. The predicted molar refractivity (Wildman–Crippen MR) is 73.2 cm³/mol. The fourth-order valence-corrected chi connectivity index (χ4v) is 3.23. The Bertz CT molecular complexity index is 283. The summed E-state index contributed by atoms with van der Waals surface area (Å²) in [6.07, 6.45) is 6.62. The van der Waals surface area contributed by atoms with Gasteiger partial charge in [0.05, 0.1) is 0 Å². The molecule has 4 nitrogen and oxygen atoms in total. The highest BCUT2D eigenvalue weighted by Crippen LogP contribution is 2.42. The van der Waals surface area contributed by atoms with E-state index in [9.17, 15) is 4.79 Å². The molecule has 1 saturated carbocycles. The summed E-state index contributed by atoms with van der Waals surface area (Å²) in [5, 5.41) is 3.11. The molecule has 1 heterocycles. The lowest BCUT2D eigenvalue weighted by atomic mass is 9.66. The van der Waals surface area contributed by atoms with E-state index in [1.165, 1.54) is 25.8 Å². The third kappa shape index (κ3) is 3.45. The van der Waals surface area contributed by atoms with E-state index in [1.807, 2.05) is 0 Å². The average molecular weight is 253 g/mol. The molecule has 0 aromatic heterocycles. The van der Waals surface area contributed by atoms with E-state index >= 15 is 0 Å². The van der Waals surface area contributed by atoms with Crippen LogP contribution in [0.15, 0.2) is 0 Å². The van der Waals surface area contributed by atoms with E-state index in [4.69, 9.17) is 5.73 Å². The van der Waals surface area contributed by atoms with Crippen molar-refractivity contribution in [1.82, 2.24) is 10.2 Å². The number of carbonyl (C=O) groups excluding carboxylic acids is 1. The summed E-state index contributed by atoms with van der Waals surface area (Å²) in [7, 11) is 2.16. The molecule has 0 bridgehead atoms. The van der Waals surface area contributed by atoms with Gasteiger partial charge in [-0.05, 0) is 57.2 Å². The maximum absolute atomic E-state index is 12.0. The Hall–Kier alpha value is -0.610. The molecule has 3 N–H and O–H groups in total. The number of amides is 1. The zero-order valence-corrected chi connectivity index (χ0v) is 11.6. The van der Waals surface area contributed by atoms with Crippen molar-refractivity contribution < 1.29 is 4.79 Å². The van der Waals surface area contributed by atoms with Crippen LogP contribution in [0.4, 0.5) is 0 Å². The Kier molecular flexibility index (Phi) is 4.62. The fraction of sp³-hybridized carbons (Fsp3) is 0.929. The summed E-state index contributed by atoms with van der Waals surface area (Å²) in [5.41, 5.74) is 5.92. The first kappa shape index (κ1) is 13.8. The Morgan fingerprint density at radius 1 is 1.44 bits per heavy atom. The summed E-state index contributed by atoms with van der Waals surface area (Å²) < 4.78 is 0. The van der Waals surface area contributed by atoms with E-state index < -0.39 is 0 Å². The van der Waals surface area contributed by atoms with E-state index in [-0.39, 0.29) is 11.3 Å². The lowest BCUT2D eigenvalue weighted by Gasteiger charge is -2.40. The van der Waals surface area contributed by atoms with Gasteiger partial charge in [-0.25, -0.2) is 0 Å². The quantitative estimate of drug-likeness (QED) is 0.767. The monoisotopic (exact) mass is 253 g/mol. The summed E-state index contributed by atoms with van der Waals surface area (Å²) >= 11 is 0. The van der Waals surface area contributed by atoms with Gasteiger partial charge in [-0.2, -0.15) is 0 Å². The van der Waals surface area contributed by atoms with Crippen LogP contribution in [-0.4, -0.2) is 44.0 Å². The lowest BCUT2D eigenvalue weighted by Crippen LogP contribution is -2.44. The zero-order chi connectivity index (χ0) is 13.0. The van der Waals surface area contributed by atoms with Gasteiger partial charge in [0, 0.05) is 19.5 Å². The molecule has 1 amide bonds. The van der Waals surface area contributed by atoms with Crippen LogP contribution in [0.2, 0.25) is 0 Å². The molecule has 1 unspecified atom stereocenters. The standard InChI is InChI=1S/C14H27N3O/c1-17-7-2-4-12(10-17)9-16-13(18)8-14(11-15)5-3-6-14/h12H,2-11,15H2,1H3,(H,16,18). The molecule has 1 saturated heterocycles. The molecule has 0 aromatic rings. The molecular formula is C14H27N3O. The van der Waals surface area contributed by atoms with Crippen LogP contribution in [0.25, 0.3) is 0 Å². The van der Waals surface area contributed by atoms with Crippen molar-refractivity contribution >= 4 is 5.91 Å². The normalized spacial score (nSPS) is 27.6. The smallest absolute Gasteiger partial charge is 0.220 e. The molecule has 1 aliphatic carbocycles. The van der Waals surface area contributed by atoms with Gasteiger partial charge in [-0.15, -0.1) is 0 Å². The Balaban J connectivity index is 1.68. The van der Waals surface area contributed by atoms with E-state index in [1.54, 1.807) is 0 Å². The molecule has 2 rings (SSSR count). The van der Waals surface area contributed by atoms with Gasteiger partial charge in [0.2, 0.25) is 5.91 Å². The summed E-state index contributed by atoms with van der Waals surface area (Å²) in [6.45, 7) is 3.81. The van der Waals surface area contributed by atoms with Crippen LogP contribution in [0.5, 0.6) is 0 Å². The van der Waals surface area contributed by atoms with Crippen molar-refractivity contribution in [3.8, 4) is 0 Å². The predicted octanol–water partition coefficient (Wildman–Crippen LogP) is 0.964. The molecule has 104 valence electrons. The summed E-state index contributed by atoms with van der Waals surface area (Å²) in [6, 6.07) is 0. The van der Waals surface area contributed by atoms with Crippen molar-refractivity contribution in [2.24, 2.45) is 17.1 Å². The number of nitrogens with two attached hydrogens (primary N) is 1. The van der Waals surface area contributed by atoms with Crippen LogP contribution in [0.3, 0.4) is 0 Å². The van der Waals surface area contributed by atoms with Crippen molar-refractivity contribution in [2.75, 3.05) is 33.2 Å². The number of hydrogen-bond acceptors (Lipinski definition) is 3. The van der Waals surface area contributed by atoms with E-state index in [0.717, 1.165) is 25.9 Å². The van der Waals surface area contributed by atoms with Crippen LogP contribution in [0.1, 0.15) is 38.5 Å². The second-order valence-corrected chi connectivity index (χ2v) is 6.31. The number of nitrogens with one attached hydrogen (secondary N) is 1. The Morgan fingerprint density at radius 2 is 2.22 bits per heavy atom. The lowest BCUT2D eigenvalue weighted by molar-refractivity contribution is -0.125. The van der Waals surface area contributed by atoms with Gasteiger partial charge >= 0.3 is 0 Å². The van der Waals surface area contributed by atoms with Crippen LogP contribution in [-0.2, 0) is 4.79 Å². The third-order valence-corrected chi connectivity index (χ3v) is 4.69. The molecular weight excluding hydrogens is 226 g/mol. The van der Waals surface area contributed by atoms with Gasteiger partial charge in [0.15, 0.2) is 0 Å². The van der Waals surface area contributed by atoms with E-state index in [0.29, 0.717) is 18.9 Å². The Morgan fingerprint density at radius 3 is 2.78 bits per heavy atom. The van der Waals surface area contributed by atoms with Crippen LogP contribution in [0, 0.1) is 11.3 Å². The van der Waals surface area contributed by atoms with Gasteiger partial charge in [-0.3, -0.25) is 4.79 Å². The first-order chi connectivity index (χ1) is 8.63. The minimum Gasteiger partial charge on any atom is -0.356 e. The topological polar surface area (TPSA) is 58.4 Å². The molecule has 2 fully saturated rings. The zero-order valence-electron chi connectivity index (χ0n) is 11.6. The summed E-state index contributed by atoms with van der Waals surface area (Å²) in [4.78, 5) is 14.3. The second kappa shape index (κ2) is 6.02. The number of hydrogen-bond donors (Lipinski definition) is 2. The highest BCUT2D eigenvalue weighted by Gasteiger charge is 2.37. The van der Waals surface area contributed by atoms with Gasteiger partial charge in [0.25, 0.3) is 0 Å². The number of piperidine rings is 1. The first-order valence-electron chi connectivity index (χ1n) is 7.29. The van der Waals surface area contributed by atoms with E-state index in [2.05, 4.69) is 17.3 Å². The largest absolute Gasteiger partial charge is 0.356 e. The third-order valence-electron chi connectivity index (χ3n) is 4.69. The molecule has 18 heavy (non-hydrogen) atoms. The SMILES string of the molecule is CN1CCCC(CNC(=O)CC2(CN)CCC2)C1. The highest BCUT2D eigenvalue weighted by molar-refractivity contribution is 5.76. The minimum absolute atomic E-state index is 0.132. The number of likely N-dealkylation sites (tertiary alicyclic amines) is 1. The highest BCUT2D eigenvalue weighted by atomic mass is 16.1. The molecule has 0 aromatic carbocycles. The second-order valence-electron chi connectivity index (χ2n) is 6.31. The first-order valence-corrected chi connectivity index (χ1v) is 7.29. The molecule has 1 aliphatic heterocycles. The maximum atomic E-state index is 12.0. The van der Waals surface area contributed by atoms with Gasteiger partial charge in [-0.1, -0.05) is 6.42 Å². The molecule has 0 spiro atoms. The van der Waals surface area contributed by atoms with Crippen molar-refractivity contribution in [3.05, 3.63) is 0 Å². The Labute approximate surface area is 110 Å². The summed E-state index contributed by atoms with van der Waals surface area (Å²) in [5.74, 6) is 0.830. The van der Waals surface area contributed by atoms with Crippen molar-refractivity contribution in [3.63, 3.8) is 0 Å². The van der Waals surface area contributed by atoms with Gasteiger partial charge in [0.1, 0.15) is 0 Å². The number of rotatable bonds is 5. The molecule has 1 atom stereocenters. The van der Waals surface area contributed by atoms with Crippen LogP contribution < -0.4 is 11.1 Å². The van der Waals surface area contributed by atoms with Gasteiger partial charge < -0.3 is 16.0 Å². The molecule has 4 heteroatoms. The molecule has 0 radical (unpaired) electrons. The van der Waals surface area contributed by atoms with Crippen molar-refractivity contribution in [1.29, 1.82) is 0 Å². The number of carbonyl (C=O) groups is 1.